The van der Waals surface area contributed by atoms with Crippen LogP contribution in [0.1, 0.15) is 12.5 Å². The molecular weight excluding hydrogens is 347 g/mol. The van der Waals surface area contributed by atoms with E-state index in [1.165, 1.54) is 4.90 Å². The Morgan fingerprint density at radius 2 is 2.08 bits per heavy atom. The van der Waals surface area contributed by atoms with Gasteiger partial charge in [0.05, 0.1) is 11.8 Å². The average Bonchev–Trinajstić information content (AvgIpc) is 2.92. The van der Waals surface area contributed by atoms with Crippen LogP contribution in [-0.4, -0.2) is 48.4 Å². The number of hydrogen-bond donors (Lipinski definition) is 1. The lowest BCUT2D eigenvalue weighted by atomic mass is 9.96. The van der Waals surface area contributed by atoms with Crippen molar-refractivity contribution in [1.29, 1.82) is 0 Å². The molecule has 0 spiro atoms. The van der Waals surface area contributed by atoms with E-state index in [1.54, 1.807) is 6.07 Å². The monoisotopic (exact) mass is 367 g/mol. The van der Waals surface area contributed by atoms with E-state index in [4.69, 9.17) is 9.84 Å². The van der Waals surface area contributed by atoms with E-state index >= 15 is 0 Å². The zero-order valence-electron chi connectivity index (χ0n) is 13.3. The highest BCUT2D eigenvalue weighted by Crippen LogP contribution is 2.37. The Morgan fingerprint density at radius 3 is 2.62 bits per heavy atom. The topological polar surface area (TPSA) is 49.8 Å². The zero-order valence-corrected chi connectivity index (χ0v) is 14.1. The number of ether oxygens (including phenoxy) is 1. The van der Waals surface area contributed by atoms with Gasteiger partial charge < -0.3 is 9.84 Å². The maximum Gasteiger partial charge on any atom is 0.393 e. The quantitative estimate of drug-likeness (QED) is 0.838. The minimum absolute atomic E-state index is 0. The molecule has 1 aliphatic heterocycles. The number of aryl methyl sites for hydroxylation is 1. The Kier molecular flexibility index (Phi) is 7.35. The molecule has 1 aliphatic rings. The summed E-state index contributed by atoms with van der Waals surface area (Å²) in [6.07, 6.45) is -3.62. The second-order valence-electron chi connectivity index (χ2n) is 5.70. The highest BCUT2D eigenvalue weighted by molar-refractivity contribution is 5.85. The third-order valence-corrected chi connectivity index (χ3v) is 4.12. The molecule has 24 heavy (non-hydrogen) atoms. The first-order chi connectivity index (χ1) is 10.8. The van der Waals surface area contributed by atoms with Crippen LogP contribution in [0.3, 0.4) is 0 Å². The summed E-state index contributed by atoms with van der Waals surface area (Å²) in [5, 5.41) is 8.97. The molecule has 0 radical (unpaired) electrons. The number of halogens is 4. The summed E-state index contributed by atoms with van der Waals surface area (Å²) in [6, 6.07) is 7.52. The van der Waals surface area contributed by atoms with Crippen LogP contribution in [-0.2, 0) is 11.2 Å². The highest BCUT2D eigenvalue weighted by Gasteiger charge is 2.52. The van der Waals surface area contributed by atoms with E-state index in [0.717, 1.165) is 12.0 Å². The van der Waals surface area contributed by atoms with Gasteiger partial charge in [-0.25, -0.2) is 0 Å². The SMILES string of the molecule is CCc1cccc(OCCN2C[C@@H](C(F)(F)F)[C@H](C(=O)O)C2)c1.Cl. The normalized spacial score (nSPS) is 21.3. The molecule has 8 heteroatoms. The standard InChI is InChI=1S/C16H20F3NO3.ClH/c1-2-11-4-3-5-12(8-11)23-7-6-20-9-13(15(21)22)14(10-20)16(17,18)19;/h3-5,8,13-14H,2,6-7,9-10H2,1H3,(H,21,22);1H/t13-,14-;/m1./s1. The van der Waals surface area contributed by atoms with Gasteiger partial charge in [-0.15, -0.1) is 12.4 Å². The van der Waals surface area contributed by atoms with Crippen molar-refractivity contribution in [3.63, 3.8) is 0 Å². The molecule has 0 bridgehead atoms. The van der Waals surface area contributed by atoms with Crippen molar-refractivity contribution >= 4 is 18.4 Å². The first-order valence-electron chi connectivity index (χ1n) is 7.55. The molecule has 1 fully saturated rings. The second kappa shape index (κ2) is 8.58. The molecular formula is C16H21ClF3NO3. The minimum atomic E-state index is -4.49. The summed E-state index contributed by atoms with van der Waals surface area (Å²) < 4.78 is 44.2. The Hall–Kier alpha value is -1.47. The molecule has 1 aromatic rings. The number of aliphatic carboxylic acids is 1. The van der Waals surface area contributed by atoms with Gasteiger partial charge >= 0.3 is 12.1 Å². The molecule has 1 saturated heterocycles. The molecule has 1 aromatic carbocycles. The second-order valence-corrected chi connectivity index (χ2v) is 5.70. The van der Waals surface area contributed by atoms with Gasteiger partial charge in [-0.05, 0) is 24.1 Å². The molecule has 0 saturated carbocycles. The molecule has 2 atom stereocenters. The first-order valence-corrected chi connectivity index (χ1v) is 7.55. The fourth-order valence-corrected chi connectivity index (χ4v) is 2.80. The number of rotatable bonds is 6. The number of alkyl halides is 3. The number of nitrogens with zero attached hydrogens (tertiary/aromatic N) is 1. The lowest BCUT2D eigenvalue weighted by Gasteiger charge is -2.18. The smallest absolute Gasteiger partial charge is 0.393 e. The number of carboxylic acid groups (broad SMARTS) is 1. The highest BCUT2D eigenvalue weighted by atomic mass is 35.5. The summed E-state index contributed by atoms with van der Waals surface area (Å²) in [7, 11) is 0. The van der Waals surface area contributed by atoms with Crippen molar-refractivity contribution < 1.29 is 27.8 Å². The number of likely N-dealkylation sites (tertiary alicyclic amines) is 1. The summed E-state index contributed by atoms with van der Waals surface area (Å²) in [4.78, 5) is 12.5. The van der Waals surface area contributed by atoms with Gasteiger partial charge in [0, 0.05) is 19.6 Å². The number of carboxylic acids is 1. The fraction of sp³-hybridized carbons (Fsp3) is 0.562. The van der Waals surface area contributed by atoms with E-state index in [1.807, 2.05) is 25.1 Å². The van der Waals surface area contributed by atoms with Crippen molar-refractivity contribution in [1.82, 2.24) is 4.90 Å². The fourth-order valence-electron chi connectivity index (χ4n) is 2.80. The van der Waals surface area contributed by atoms with Crippen molar-refractivity contribution in [3.8, 4) is 5.75 Å². The number of benzene rings is 1. The van der Waals surface area contributed by atoms with Crippen LogP contribution in [0.25, 0.3) is 0 Å². The molecule has 0 aliphatic carbocycles. The van der Waals surface area contributed by atoms with Gasteiger partial charge in [-0.3, -0.25) is 9.69 Å². The van der Waals surface area contributed by atoms with Gasteiger partial charge in [0.15, 0.2) is 0 Å². The van der Waals surface area contributed by atoms with Crippen molar-refractivity contribution in [2.24, 2.45) is 11.8 Å². The summed E-state index contributed by atoms with van der Waals surface area (Å²) in [6.45, 7) is 2.13. The van der Waals surface area contributed by atoms with E-state index in [-0.39, 0.29) is 38.6 Å². The third-order valence-electron chi connectivity index (χ3n) is 4.12. The molecule has 1 heterocycles. The van der Waals surface area contributed by atoms with Gasteiger partial charge in [0.2, 0.25) is 0 Å². The molecule has 2 rings (SSSR count). The van der Waals surface area contributed by atoms with Crippen LogP contribution in [0, 0.1) is 11.8 Å². The van der Waals surface area contributed by atoms with Gasteiger partial charge in [0.1, 0.15) is 12.4 Å². The molecule has 1 N–H and O–H groups in total. The van der Waals surface area contributed by atoms with Crippen LogP contribution < -0.4 is 4.74 Å². The third kappa shape index (κ3) is 5.27. The van der Waals surface area contributed by atoms with Gasteiger partial charge in [-0.2, -0.15) is 13.2 Å². The lowest BCUT2D eigenvalue weighted by molar-refractivity contribution is -0.188. The van der Waals surface area contributed by atoms with Crippen LogP contribution in [0.2, 0.25) is 0 Å². The summed E-state index contributed by atoms with van der Waals surface area (Å²) in [5.41, 5.74) is 1.12. The average molecular weight is 368 g/mol. The van der Waals surface area contributed by atoms with Crippen LogP contribution >= 0.6 is 12.4 Å². The largest absolute Gasteiger partial charge is 0.492 e. The molecule has 4 nitrogen and oxygen atoms in total. The minimum Gasteiger partial charge on any atom is -0.492 e. The van der Waals surface area contributed by atoms with Crippen molar-refractivity contribution in [2.45, 2.75) is 19.5 Å². The predicted molar refractivity (Wildman–Crippen MR) is 85.7 cm³/mol. The lowest BCUT2D eigenvalue weighted by Crippen LogP contribution is -2.33. The van der Waals surface area contributed by atoms with Crippen LogP contribution in [0.5, 0.6) is 5.75 Å². The maximum absolute atomic E-state index is 12.9. The molecule has 0 unspecified atom stereocenters. The first kappa shape index (κ1) is 20.6. The molecule has 0 amide bonds. The van der Waals surface area contributed by atoms with Crippen molar-refractivity contribution in [2.75, 3.05) is 26.2 Å². The molecule has 136 valence electrons. The van der Waals surface area contributed by atoms with Gasteiger partial charge in [-0.1, -0.05) is 19.1 Å². The number of hydrogen-bond acceptors (Lipinski definition) is 3. The van der Waals surface area contributed by atoms with Crippen LogP contribution in [0.4, 0.5) is 13.2 Å². The maximum atomic E-state index is 12.9. The molecule has 0 aromatic heterocycles. The van der Waals surface area contributed by atoms with E-state index in [9.17, 15) is 18.0 Å². The van der Waals surface area contributed by atoms with E-state index in [2.05, 4.69) is 0 Å². The van der Waals surface area contributed by atoms with Gasteiger partial charge in [0.25, 0.3) is 0 Å². The zero-order chi connectivity index (χ0) is 17.0. The summed E-state index contributed by atoms with van der Waals surface area (Å²) in [5.74, 6) is -3.95. The van der Waals surface area contributed by atoms with Crippen molar-refractivity contribution in [3.05, 3.63) is 29.8 Å². The predicted octanol–water partition coefficient (Wildman–Crippen LogP) is 3.24. The Labute approximate surface area is 145 Å². The Balaban J connectivity index is 0.00000288. The van der Waals surface area contributed by atoms with E-state index < -0.39 is 24.0 Å². The Bertz CT molecular complexity index is 554. The number of carbonyl (C=O) groups is 1. The summed E-state index contributed by atoms with van der Waals surface area (Å²) >= 11 is 0. The van der Waals surface area contributed by atoms with E-state index in [0.29, 0.717) is 5.75 Å². The van der Waals surface area contributed by atoms with Crippen LogP contribution in [0.15, 0.2) is 24.3 Å². The Morgan fingerprint density at radius 1 is 1.38 bits per heavy atom.